The molecule has 110 valence electrons. The van der Waals surface area contributed by atoms with Crippen molar-refractivity contribution in [3.63, 3.8) is 0 Å². The van der Waals surface area contributed by atoms with Gasteiger partial charge < -0.3 is 14.2 Å². The first-order chi connectivity index (χ1) is 9.65. The first-order valence-electron chi connectivity index (χ1n) is 6.66. The van der Waals surface area contributed by atoms with E-state index < -0.39 is 10.0 Å². The van der Waals surface area contributed by atoms with Gasteiger partial charge in [-0.25, -0.2) is 13.1 Å². The Morgan fingerprint density at radius 2 is 2.10 bits per heavy atom. The molecule has 0 radical (unpaired) electrons. The van der Waals surface area contributed by atoms with E-state index in [9.17, 15) is 8.42 Å². The van der Waals surface area contributed by atoms with Crippen LogP contribution in [-0.4, -0.2) is 34.5 Å². The van der Waals surface area contributed by atoms with E-state index >= 15 is 0 Å². The Bertz CT molecular complexity index is 580. The number of hydrogen-bond donors (Lipinski definition) is 1. The van der Waals surface area contributed by atoms with Crippen LogP contribution in [0.1, 0.15) is 19.3 Å². The molecular formula is C13H17NO5S. The van der Waals surface area contributed by atoms with Gasteiger partial charge in [-0.05, 0) is 31.4 Å². The Kier molecular flexibility index (Phi) is 3.82. The highest BCUT2D eigenvalue weighted by Gasteiger charge is 2.21. The molecule has 1 aromatic carbocycles. The van der Waals surface area contributed by atoms with Crippen molar-refractivity contribution in [2.75, 3.05) is 19.9 Å². The molecule has 2 heterocycles. The van der Waals surface area contributed by atoms with Crippen molar-refractivity contribution in [3.05, 3.63) is 18.2 Å². The predicted octanol–water partition coefficient (Wildman–Crippen LogP) is 1.26. The van der Waals surface area contributed by atoms with Crippen molar-refractivity contribution >= 4 is 10.0 Å². The van der Waals surface area contributed by atoms with E-state index in [4.69, 9.17) is 14.2 Å². The molecule has 2 aliphatic heterocycles. The van der Waals surface area contributed by atoms with E-state index in [0.717, 1.165) is 19.4 Å². The molecule has 3 rings (SSSR count). The van der Waals surface area contributed by atoms with E-state index in [0.29, 0.717) is 24.5 Å². The zero-order valence-electron chi connectivity index (χ0n) is 11.0. The van der Waals surface area contributed by atoms with E-state index in [1.165, 1.54) is 12.1 Å². The van der Waals surface area contributed by atoms with Crippen molar-refractivity contribution < 1.29 is 22.6 Å². The lowest BCUT2D eigenvalue weighted by Crippen LogP contribution is -2.27. The van der Waals surface area contributed by atoms with E-state index in [-0.39, 0.29) is 17.8 Å². The van der Waals surface area contributed by atoms with Gasteiger partial charge in [-0.3, -0.25) is 0 Å². The Morgan fingerprint density at radius 3 is 2.90 bits per heavy atom. The van der Waals surface area contributed by atoms with Gasteiger partial charge in [0, 0.05) is 19.2 Å². The Labute approximate surface area is 118 Å². The summed E-state index contributed by atoms with van der Waals surface area (Å²) < 4.78 is 42.7. The summed E-state index contributed by atoms with van der Waals surface area (Å²) in [5.41, 5.74) is 0. The molecule has 0 spiro atoms. The Hall–Kier alpha value is -1.31. The number of rotatable bonds is 5. The number of nitrogens with one attached hydrogen (secondary N) is 1. The maximum absolute atomic E-state index is 12.2. The highest BCUT2D eigenvalue weighted by atomic mass is 32.2. The summed E-state index contributed by atoms with van der Waals surface area (Å²) in [5.74, 6) is 1.04. The summed E-state index contributed by atoms with van der Waals surface area (Å²) >= 11 is 0. The molecule has 0 saturated carbocycles. The van der Waals surface area contributed by atoms with Crippen molar-refractivity contribution in [1.82, 2.24) is 4.72 Å². The molecule has 1 saturated heterocycles. The maximum atomic E-state index is 12.2. The van der Waals surface area contributed by atoms with Crippen LogP contribution in [0.15, 0.2) is 23.1 Å². The predicted molar refractivity (Wildman–Crippen MR) is 71.3 cm³/mol. The fourth-order valence-corrected chi connectivity index (χ4v) is 3.42. The maximum Gasteiger partial charge on any atom is 0.240 e. The van der Waals surface area contributed by atoms with Crippen molar-refractivity contribution in [3.8, 4) is 11.5 Å². The summed E-state index contributed by atoms with van der Waals surface area (Å²) in [6, 6.07) is 4.61. The molecule has 20 heavy (non-hydrogen) atoms. The van der Waals surface area contributed by atoms with Crippen LogP contribution in [-0.2, 0) is 14.8 Å². The smallest absolute Gasteiger partial charge is 0.240 e. The molecule has 1 unspecified atom stereocenters. The standard InChI is InChI=1S/C13H17NO5S/c15-20(16,14-6-5-10-2-1-7-17-10)11-3-4-12-13(8-11)19-9-18-12/h3-4,8,10,14H,1-2,5-7,9H2. The van der Waals surface area contributed by atoms with E-state index in [2.05, 4.69) is 4.72 Å². The summed E-state index contributed by atoms with van der Waals surface area (Å²) in [6.07, 6.45) is 2.93. The average Bonchev–Trinajstić information content (AvgIpc) is 3.08. The molecule has 6 nitrogen and oxygen atoms in total. The molecule has 1 atom stereocenters. The molecule has 0 amide bonds. The second-order valence-corrected chi connectivity index (χ2v) is 6.60. The number of hydrogen-bond acceptors (Lipinski definition) is 5. The second-order valence-electron chi connectivity index (χ2n) is 4.84. The molecule has 0 aliphatic carbocycles. The van der Waals surface area contributed by atoms with Crippen molar-refractivity contribution in [1.29, 1.82) is 0 Å². The molecule has 2 aliphatic rings. The Morgan fingerprint density at radius 1 is 1.25 bits per heavy atom. The van der Waals surface area contributed by atoms with E-state index in [1.807, 2.05) is 0 Å². The molecular weight excluding hydrogens is 282 g/mol. The zero-order chi connectivity index (χ0) is 14.0. The minimum Gasteiger partial charge on any atom is -0.454 e. The van der Waals surface area contributed by atoms with Crippen LogP contribution in [0.25, 0.3) is 0 Å². The van der Waals surface area contributed by atoms with Crippen molar-refractivity contribution in [2.45, 2.75) is 30.3 Å². The second kappa shape index (κ2) is 5.59. The lowest BCUT2D eigenvalue weighted by molar-refractivity contribution is 0.105. The van der Waals surface area contributed by atoms with Crippen LogP contribution in [0.5, 0.6) is 11.5 Å². The quantitative estimate of drug-likeness (QED) is 0.886. The summed E-state index contributed by atoms with van der Waals surface area (Å²) in [4.78, 5) is 0.189. The van der Waals surface area contributed by atoms with Gasteiger partial charge in [-0.1, -0.05) is 0 Å². The first-order valence-corrected chi connectivity index (χ1v) is 8.14. The number of benzene rings is 1. The first kappa shape index (κ1) is 13.7. The molecule has 7 heteroatoms. The fraction of sp³-hybridized carbons (Fsp3) is 0.538. The van der Waals surface area contributed by atoms with Crippen LogP contribution in [0.3, 0.4) is 0 Å². The lowest BCUT2D eigenvalue weighted by atomic mass is 10.2. The highest BCUT2D eigenvalue weighted by Crippen LogP contribution is 2.33. The fourth-order valence-electron chi connectivity index (χ4n) is 2.35. The molecule has 1 aromatic rings. The summed E-state index contributed by atoms with van der Waals surface area (Å²) in [5, 5.41) is 0. The van der Waals surface area contributed by atoms with Gasteiger partial charge >= 0.3 is 0 Å². The molecule has 1 fully saturated rings. The van der Waals surface area contributed by atoms with Gasteiger partial charge in [0.15, 0.2) is 11.5 Å². The third-order valence-electron chi connectivity index (χ3n) is 3.44. The van der Waals surface area contributed by atoms with Crippen molar-refractivity contribution in [2.24, 2.45) is 0 Å². The molecule has 0 bridgehead atoms. The van der Waals surface area contributed by atoms with Gasteiger partial charge in [0.2, 0.25) is 16.8 Å². The number of ether oxygens (including phenoxy) is 3. The monoisotopic (exact) mass is 299 g/mol. The third-order valence-corrected chi connectivity index (χ3v) is 4.90. The van der Waals surface area contributed by atoms with Crippen LogP contribution in [0.2, 0.25) is 0 Å². The minimum absolute atomic E-state index is 0.130. The lowest BCUT2D eigenvalue weighted by Gasteiger charge is -2.11. The largest absolute Gasteiger partial charge is 0.454 e. The van der Waals surface area contributed by atoms with Gasteiger partial charge in [0.25, 0.3) is 0 Å². The summed E-state index contributed by atoms with van der Waals surface area (Å²) in [7, 11) is -3.51. The van der Waals surface area contributed by atoms with Gasteiger partial charge in [0.1, 0.15) is 0 Å². The summed E-state index contributed by atoms with van der Waals surface area (Å²) in [6.45, 7) is 1.28. The van der Waals surface area contributed by atoms with Gasteiger partial charge in [-0.2, -0.15) is 0 Å². The van der Waals surface area contributed by atoms with Crippen LogP contribution in [0.4, 0.5) is 0 Å². The number of sulfonamides is 1. The topological polar surface area (TPSA) is 73.9 Å². The Balaban J connectivity index is 1.62. The van der Waals surface area contributed by atoms with Crippen LogP contribution >= 0.6 is 0 Å². The zero-order valence-corrected chi connectivity index (χ0v) is 11.8. The molecule has 0 aromatic heterocycles. The van der Waals surface area contributed by atoms with Gasteiger partial charge in [-0.15, -0.1) is 0 Å². The third kappa shape index (κ3) is 2.89. The average molecular weight is 299 g/mol. The molecule has 1 N–H and O–H groups in total. The van der Waals surface area contributed by atoms with Gasteiger partial charge in [0.05, 0.1) is 11.0 Å². The number of fused-ring (bicyclic) bond motifs is 1. The van der Waals surface area contributed by atoms with Crippen LogP contribution < -0.4 is 14.2 Å². The minimum atomic E-state index is -3.51. The normalized spacial score (nSPS) is 21.3. The van der Waals surface area contributed by atoms with E-state index in [1.54, 1.807) is 6.07 Å². The van der Waals surface area contributed by atoms with Crippen LogP contribution in [0, 0.1) is 0 Å². The SMILES string of the molecule is O=S(=O)(NCCC1CCCO1)c1ccc2c(c1)OCO2. The highest BCUT2D eigenvalue weighted by molar-refractivity contribution is 7.89.